The van der Waals surface area contributed by atoms with Gasteiger partial charge in [0.25, 0.3) is 0 Å². The Morgan fingerprint density at radius 2 is 2.10 bits per heavy atom. The Hall–Kier alpha value is -1.58. The van der Waals surface area contributed by atoms with Gasteiger partial charge < -0.3 is 15.0 Å². The van der Waals surface area contributed by atoms with E-state index < -0.39 is 0 Å². The van der Waals surface area contributed by atoms with Crippen molar-refractivity contribution in [1.82, 2.24) is 10.2 Å². The van der Waals surface area contributed by atoms with Crippen LogP contribution in [0.15, 0.2) is 36.4 Å². The van der Waals surface area contributed by atoms with Crippen LogP contribution in [0.1, 0.15) is 12.0 Å². The fourth-order valence-electron chi connectivity index (χ4n) is 3.04. The smallest absolute Gasteiger partial charge is 0.123 e. The third-order valence-corrected chi connectivity index (χ3v) is 4.18. The maximum absolute atomic E-state index is 5.54. The summed E-state index contributed by atoms with van der Waals surface area (Å²) in [7, 11) is 3.93. The molecule has 1 unspecified atom stereocenters. The van der Waals surface area contributed by atoms with Crippen molar-refractivity contribution in [3.05, 3.63) is 42.0 Å². The highest BCUT2D eigenvalue weighted by atomic mass is 16.5. The molecule has 2 aromatic rings. The molecule has 0 aromatic heterocycles. The average Bonchev–Trinajstić information content (AvgIpc) is 2.90. The molecule has 0 spiro atoms. The van der Waals surface area contributed by atoms with Crippen LogP contribution in [0.25, 0.3) is 10.8 Å². The minimum atomic E-state index is 0.587. The Balaban J connectivity index is 1.85. The first kappa shape index (κ1) is 13.4. The molecule has 0 aliphatic carbocycles. The SMILES string of the molecule is COc1ccc2ccccc2c1CNC1CCN(C)C1. The second-order valence-corrected chi connectivity index (χ2v) is 5.60. The molecule has 0 bridgehead atoms. The van der Waals surface area contributed by atoms with Gasteiger partial charge in [0.2, 0.25) is 0 Å². The third kappa shape index (κ3) is 2.65. The second kappa shape index (κ2) is 5.81. The van der Waals surface area contributed by atoms with E-state index in [9.17, 15) is 0 Å². The Morgan fingerprint density at radius 1 is 1.25 bits per heavy atom. The van der Waals surface area contributed by atoms with Crippen molar-refractivity contribution in [2.75, 3.05) is 27.2 Å². The maximum Gasteiger partial charge on any atom is 0.123 e. The first-order valence-corrected chi connectivity index (χ1v) is 7.24. The van der Waals surface area contributed by atoms with Crippen molar-refractivity contribution in [1.29, 1.82) is 0 Å². The number of rotatable bonds is 4. The topological polar surface area (TPSA) is 24.5 Å². The molecule has 1 heterocycles. The first-order chi connectivity index (χ1) is 9.78. The van der Waals surface area contributed by atoms with Crippen LogP contribution in [-0.2, 0) is 6.54 Å². The van der Waals surface area contributed by atoms with Gasteiger partial charge in [-0.15, -0.1) is 0 Å². The van der Waals surface area contributed by atoms with Crippen LogP contribution in [0.5, 0.6) is 5.75 Å². The molecule has 1 saturated heterocycles. The van der Waals surface area contributed by atoms with Gasteiger partial charge in [0.1, 0.15) is 5.75 Å². The van der Waals surface area contributed by atoms with E-state index in [0.717, 1.165) is 18.8 Å². The van der Waals surface area contributed by atoms with Gasteiger partial charge in [-0.05, 0) is 36.9 Å². The Kier molecular flexibility index (Phi) is 3.90. The van der Waals surface area contributed by atoms with Gasteiger partial charge in [-0.3, -0.25) is 0 Å². The summed E-state index contributed by atoms with van der Waals surface area (Å²) in [6.45, 7) is 3.18. The predicted molar refractivity (Wildman–Crippen MR) is 83.2 cm³/mol. The molecule has 0 radical (unpaired) electrons. The van der Waals surface area contributed by atoms with Gasteiger partial charge in [-0.1, -0.05) is 30.3 Å². The van der Waals surface area contributed by atoms with Gasteiger partial charge in [0.05, 0.1) is 7.11 Å². The fourth-order valence-corrected chi connectivity index (χ4v) is 3.04. The molecular formula is C17H22N2O. The number of nitrogens with one attached hydrogen (secondary N) is 1. The molecule has 1 atom stereocenters. The molecule has 1 N–H and O–H groups in total. The minimum Gasteiger partial charge on any atom is -0.496 e. The lowest BCUT2D eigenvalue weighted by molar-refractivity contribution is 0.392. The number of likely N-dealkylation sites (N-methyl/N-ethyl adjacent to an activating group) is 1. The predicted octanol–water partition coefficient (Wildman–Crippen LogP) is 2.64. The molecule has 1 aliphatic heterocycles. The summed E-state index contributed by atoms with van der Waals surface area (Å²) >= 11 is 0. The van der Waals surface area contributed by atoms with Gasteiger partial charge in [-0.2, -0.15) is 0 Å². The Labute approximate surface area is 120 Å². The zero-order valence-electron chi connectivity index (χ0n) is 12.2. The molecule has 20 heavy (non-hydrogen) atoms. The molecule has 106 valence electrons. The van der Waals surface area contributed by atoms with E-state index in [2.05, 4.69) is 53.7 Å². The summed E-state index contributed by atoms with van der Waals surface area (Å²) in [6, 6.07) is 13.3. The van der Waals surface area contributed by atoms with E-state index in [-0.39, 0.29) is 0 Å². The van der Waals surface area contributed by atoms with Crippen LogP contribution in [0.2, 0.25) is 0 Å². The molecule has 1 aliphatic rings. The van der Waals surface area contributed by atoms with Crippen LogP contribution < -0.4 is 10.1 Å². The van der Waals surface area contributed by atoms with Crippen LogP contribution in [0, 0.1) is 0 Å². The van der Waals surface area contributed by atoms with Crippen LogP contribution in [-0.4, -0.2) is 38.2 Å². The van der Waals surface area contributed by atoms with Gasteiger partial charge in [-0.25, -0.2) is 0 Å². The molecule has 0 saturated carbocycles. The van der Waals surface area contributed by atoms with Crippen molar-refractivity contribution < 1.29 is 4.74 Å². The van der Waals surface area contributed by atoms with E-state index >= 15 is 0 Å². The van der Waals surface area contributed by atoms with E-state index in [1.54, 1.807) is 7.11 Å². The van der Waals surface area contributed by atoms with E-state index in [0.29, 0.717) is 6.04 Å². The molecule has 3 heteroatoms. The number of benzene rings is 2. The van der Waals surface area contributed by atoms with E-state index in [1.807, 2.05) is 0 Å². The minimum absolute atomic E-state index is 0.587. The number of likely N-dealkylation sites (tertiary alicyclic amines) is 1. The van der Waals surface area contributed by atoms with Gasteiger partial charge >= 0.3 is 0 Å². The molecule has 0 amide bonds. The lowest BCUT2D eigenvalue weighted by Gasteiger charge is -2.16. The first-order valence-electron chi connectivity index (χ1n) is 7.24. The van der Waals surface area contributed by atoms with Gasteiger partial charge in [0.15, 0.2) is 0 Å². The molecule has 2 aromatic carbocycles. The molecule has 3 rings (SSSR count). The third-order valence-electron chi connectivity index (χ3n) is 4.18. The van der Waals surface area contributed by atoms with Crippen molar-refractivity contribution in [3.8, 4) is 5.75 Å². The highest BCUT2D eigenvalue weighted by Crippen LogP contribution is 2.28. The van der Waals surface area contributed by atoms with Crippen molar-refractivity contribution in [2.45, 2.75) is 19.0 Å². The van der Waals surface area contributed by atoms with Crippen molar-refractivity contribution in [3.63, 3.8) is 0 Å². The monoisotopic (exact) mass is 270 g/mol. The summed E-state index contributed by atoms with van der Waals surface area (Å²) < 4.78 is 5.54. The molecule has 3 nitrogen and oxygen atoms in total. The second-order valence-electron chi connectivity index (χ2n) is 5.60. The van der Waals surface area contributed by atoms with Crippen LogP contribution in [0.4, 0.5) is 0 Å². The number of fused-ring (bicyclic) bond motifs is 1. The standard InChI is InChI=1S/C17H22N2O/c1-19-10-9-14(12-19)18-11-16-15-6-4-3-5-13(15)7-8-17(16)20-2/h3-8,14,18H,9-12H2,1-2H3. The zero-order valence-corrected chi connectivity index (χ0v) is 12.2. The number of nitrogens with zero attached hydrogens (tertiary/aromatic N) is 1. The van der Waals surface area contributed by atoms with Crippen molar-refractivity contribution >= 4 is 10.8 Å². The number of ether oxygens (including phenoxy) is 1. The highest BCUT2D eigenvalue weighted by molar-refractivity contribution is 5.87. The van der Waals surface area contributed by atoms with Crippen LogP contribution in [0.3, 0.4) is 0 Å². The normalized spacial score (nSPS) is 19.6. The van der Waals surface area contributed by atoms with Crippen LogP contribution >= 0.6 is 0 Å². The average molecular weight is 270 g/mol. The molecule has 1 fully saturated rings. The van der Waals surface area contributed by atoms with E-state index in [1.165, 1.54) is 29.3 Å². The summed E-state index contributed by atoms with van der Waals surface area (Å²) in [5, 5.41) is 6.23. The lowest BCUT2D eigenvalue weighted by atomic mass is 10.0. The van der Waals surface area contributed by atoms with Gasteiger partial charge in [0, 0.05) is 24.7 Å². The summed E-state index contributed by atoms with van der Waals surface area (Å²) in [5.41, 5.74) is 1.26. The Bertz CT molecular complexity index is 597. The lowest BCUT2D eigenvalue weighted by Crippen LogP contribution is -2.31. The van der Waals surface area contributed by atoms with Crippen molar-refractivity contribution in [2.24, 2.45) is 0 Å². The quantitative estimate of drug-likeness (QED) is 0.924. The highest BCUT2D eigenvalue weighted by Gasteiger charge is 2.19. The summed E-state index contributed by atoms with van der Waals surface area (Å²) in [5.74, 6) is 0.975. The number of methoxy groups -OCH3 is 1. The van der Waals surface area contributed by atoms with E-state index in [4.69, 9.17) is 4.74 Å². The molecular weight excluding hydrogens is 248 g/mol. The fraction of sp³-hybridized carbons (Fsp3) is 0.412. The summed E-state index contributed by atoms with van der Waals surface area (Å²) in [4.78, 5) is 2.37. The Morgan fingerprint density at radius 3 is 2.85 bits per heavy atom. The number of hydrogen-bond acceptors (Lipinski definition) is 3. The maximum atomic E-state index is 5.54. The number of hydrogen-bond donors (Lipinski definition) is 1. The zero-order chi connectivity index (χ0) is 13.9. The summed E-state index contributed by atoms with van der Waals surface area (Å²) in [6.07, 6.45) is 1.23. The largest absolute Gasteiger partial charge is 0.496 e.